The highest BCUT2D eigenvalue weighted by Gasteiger charge is 2.26. The van der Waals surface area contributed by atoms with Gasteiger partial charge in [-0.25, -0.2) is 0 Å². The Morgan fingerprint density at radius 1 is 1.10 bits per heavy atom. The lowest BCUT2D eigenvalue weighted by atomic mass is 10.1. The summed E-state index contributed by atoms with van der Waals surface area (Å²) >= 11 is 0. The van der Waals surface area contributed by atoms with Crippen LogP contribution in [0.4, 0.5) is 0 Å². The normalized spacial score (nSPS) is 11.5. The SMILES string of the molecule is CCOP(=O)(CC(=O)CCCc1ccccc1)OCC. The van der Waals surface area contributed by atoms with Crippen molar-refractivity contribution in [1.82, 2.24) is 0 Å². The van der Waals surface area contributed by atoms with Gasteiger partial charge >= 0.3 is 7.60 Å². The van der Waals surface area contributed by atoms with Crippen molar-refractivity contribution in [2.45, 2.75) is 33.1 Å². The molecule has 0 bridgehead atoms. The monoisotopic (exact) mass is 298 g/mol. The average Bonchev–Trinajstić information content (AvgIpc) is 2.40. The standard InChI is InChI=1S/C15H23O4P/c1-3-18-20(17,19-4-2)13-15(16)12-8-11-14-9-6-5-7-10-14/h5-7,9-10H,3-4,8,11-13H2,1-2H3. The van der Waals surface area contributed by atoms with Crippen molar-refractivity contribution in [2.75, 3.05) is 19.4 Å². The number of aryl methyl sites for hydroxylation is 1. The van der Waals surface area contributed by atoms with Crippen molar-refractivity contribution < 1.29 is 18.4 Å². The first-order chi connectivity index (χ1) is 9.59. The van der Waals surface area contributed by atoms with Crippen LogP contribution in [0.25, 0.3) is 0 Å². The van der Waals surface area contributed by atoms with Crippen LogP contribution in [0.3, 0.4) is 0 Å². The van der Waals surface area contributed by atoms with Crippen LogP contribution in [0.5, 0.6) is 0 Å². The number of Topliss-reactive ketones (excluding diaryl/α,β-unsaturated/α-hetero) is 1. The van der Waals surface area contributed by atoms with Gasteiger partial charge in [0.15, 0.2) is 0 Å². The molecule has 0 N–H and O–H groups in total. The Bertz CT molecular complexity index is 434. The topological polar surface area (TPSA) is 52.6 Å². The number of ketones is 1. The van der Waals surface area contributed by atoms with Gasteiger partial charge in [0.1, 0.15) is 11.9 Å². The molecular formula is C15H23O4P. The maximum atomic E-state index is 12.2. The third-order valence-electron chi connectivity index (χ3n) is 2.79. The Morgan fingerprint density at radius 2 is 1.70 bits per heavy atom. The molecule has 0 saturated heterocycles. The molecule has 0 radical (unpaired) electrons. The summed E-state index contributed by atoms with van der Waals surface area (Å²) in [6, 6.07) is 10.0. The van der Waals surface area contributed by atoms with Gasteiger partial charge in [-0.3, -0.25) is 9.36 Å². The molecule has 0 aliphatic carbocycles. The van der Waals surface area contributed by atoms with Crippen molar-refractivity contribution in [3.63, 3.8) is 0 Å². The molecule has 0 unspecified atom stereocenters. The summed E-state index contributed by atoms with van der Waals surface area (Å²) in [5, 5.41) is 0. The zero-order valence-corrected chi connectivity index (χ0v) is 13.1. The number of hydrogen-bond donors (Lipinski definition) is 0. The fraction of sp³-hybridized carbons (Fsp3) is 0.533. The predicted octanol–water partition coefficient (Wildman–Crippen LogP) is 3.84. The van der Waals surface area contributed by atoms with E-state index in [4.69, 9.17) is 9.05 Å². The van der Waals surface area contributed by atoms with Crippen molar-refractivity contribution in [3.05, 3.63) is 35.9 Å². The summed E-state index contributed by atoms with van der Waals surface area (Å²) < 4.78 is 22.4. The summed E-state index contributed by atoms with van der Waals surface area (Å²) in [6.07, 6.45) is 1.88. The molecule has 0 spiro atoms. The highest BCUT2D eigenvalue weighted by Crippen LogP contribution is 2.48. The summed E-state index contributed by atoms with van der Waals surface area (Å²) in [5.41, 5.74) is 1.21. The Morgan fingerprint density at radius 3 is 2.25 bits per heavy atom. The van der Waals surface area contributed by atoms with E-state index in [2.05, 4.69) is 0 Å². The Hall–Kier alpha value is -0.960. The molecule has 4 nitrogen and oxygen atoms in total. The summed E-state index contributed by atoms with van der Waals surface area (Å²) in [6.45, 7) is 4.06. The van der Waals surface area contributed by atoms with Crippen LogP contribution < -0.4 is 0 Å². The molecule has 0 aliphatic rings. The lowest BCUT2D eigenvalue weighted by Gasteiger charge is -2.16. The van der Waals surface area contributed by atoms with Crippen LogP contribution in [0.15, 0.2) is 30.3 Å². The van der Waals surface area contributed by atoms with Gasteiger partial charge in [-0.05, 0) is 32.3 Å². The quantitative estimate of drug-likeness (QED) is 0.616. The van der Waals surface area contributed by atoms with Crippen molar-refractivity contribution in [2.24, 2.45) is 0 Å². The second kappa shape index (κ2) is 9.06. The third kappa shape index (κ3) is 6.47. The third-order valence-corrected chi connectivity index (χ3v) is 4.83. The van der Waals surface area contributed by atoms with Gasteiger partial charge in [0.05, 0.1) is 13.2 Å². The molecule has 5 heteroatoms. The molecule has 20 heavy (non-hydrogen) atoms. The second-order valence-electron chi connectivity index (χ2n) is 4.48. The summed E-state index contributed by atoms with van der Waals surface area (Å²) in [4.78, 5) is 11.9. The molecule has 1 aromatic rings. The molecule has 112 valence electrons. The van der Waals surface area contributed by atoms with Gasteiger partial charge in [-0.1, -0.05) is 30.3 Å². The molecule has 1 rings (SSSR count). The van der Waals surface area contributed by atoms with E-state index in [1.807, 2.05) is 30.3 Å². The lowest BCUT2D eigenvalue weighted by molar-refractivity contribution is -0.117. The van der Waals surface area contributed by atoms with Gasteiger partial charge < -0.3 is 9.05 Å². The number of carbonyl (C=O) groups excluding carboxylic acids is 1. The second-order valence-corrected chi connectivity index (χ2v) is 6.54. The van der Waals surface area contributed by atoms with Crippen LogP contribution in [-0.2, 0) is 24.8 Å². The van der Waals surface area contributed by atoms with Gasteiger partial charge in [-0.2, -0.15) is 0 Å². The molecule has 0 heterocycles. The number of hydrogen-bond acceptors (Lipinski definition) is 4. The number of benzene rings is 1. The van der Waals surface area contributed by atoms with Crippen molar-refractivity contribution in [3.8, 4) is 0 Å². The fourth-order valence-corrected chi connectivity index (χ4v) is 3.59. The molecule has 0 aromatic heterocycles. The zero-order chi connectivity index (χ0) is 14.8. The maximum absolute atomic E-state index is 12.2. The molecular weight excluding hydrogens is 275 g/mol. The van der Waals surface area contributed by atoms with E-state index in [-0.39, 0.29) is 25.2 Å². The first-order valence-electron chi connectivity index (χ1n) is 7.03. The number of carbonyl (C=O) groups is 1. The Balaban J connectivity index is 2.37. The minimum atomic E-state index is -3.24. The highest BCUT2D eigenvalue weighted by molar-refractivity contribution is 7.54. The van der Waals surface area contributed by atoms with Gasteiger partial charge in [-0.15, -0.1) is 0 Å². The molecule has 0 fully saturated rings. The molecule has 1 aromatic carbocycles. The van der Waals surface area contributed by atoms with Gasteiger partial charge in [0.2, 0.25) is 0 Å². The molecule has 0 atom stereocenters. The van der Waals surface area contributed by atoms with E-state index in [1.54, 1.807) is 13.8 Å². The Labute approximate surface area is 121 Å². The van der Waals surface area contributed by atoms with Gasteiger partial charge in [0, 0.05) is 6.42 Å². The maximum Gasteiger partial charge on any atom is 0.338 e. The minimum absolute atomic E-state index is 0.0637. The molecule has 0 amide bonds. The van der Waals surface area contributed by atoms with Crippen LogP contribution in [0.2, 0.25) is 0 Å². The summed E-state index contributed by atoms with van der Waals surface area (Å²) in [5.74, 6) is -0.0637. The minimum Gasteiger partial charge on any atom is -0.309 e. The van der Waals surface area contributed by atoms with Crippen LogP contribution in [0, 0.1) is 0 Å². The fourth-order valence-electron chi connectivity index (χ4n) is 1.95. The smallest absolute Gasteiger partial charge is 0.309 e. The number of rotatable bonds is 10. The predicted molar refractivity (Wildman–Crippen MR) is 80.1 cm³/mol. The molecule has 0 saturated carbocycles. The van der Waals surface area contributed by atoms with E-state index in [1.165, 1.54) is 5.56 Å². The molecule has 0 aliphatic heterocycles. The van der Waals surface area contributed by atoms with Gasteiger partial charge in [0.25, 0.3) is 0 Å². The Kier molecular flexibility index (Phi) is 7.75. The van der Waals surface area contributed by atoms with Crippen LogP contribution in [-0.4, -0.2) is 25.2 Å². The lowest BCUT2D eigenvalue weighted by Crippen LogP contribution is -2.10. The largest absolute Gasteiger partial charge is 0.338 e. The van der Waals surface area contributed by atoms with Crippen molar-refractivity contribution >= 4 is 13.4 Å². The average molecular weight is 298 g/mol. The van der Waals surface area contributed by atoms with E-state index in [9.17, 15) is 9.36 Å². The van der Waals surface area contributed by atoms with E-state index in [0.717, 1.165) is 12.8 Å². The first-order valence-corrected chi connectivity index (χ1v) is 8.76. The van der Waals surface area contributed by atoms with Crippen molar-refractivity contribution in [1.29, 1.82) is 0 Å². The van der Waals surface area contributed by atoms with Crippen LogP contribution in [0.1, 0.15) is 32.3 Å². The van der Waals surface area contributed by atoms with E-state index < -0.39 is 7.60 Å². The zero-order valence-electron chi connectivity index (χ0n) is 12.2. The van der Waals surface area contributed by atoms with E-state index >= 15 is 0 Å². The highest BCUT2D eigenvalue weighted by atomic mass is 31.2. The first kappa shape index (κ1) is 17.1. The summed E-state index contributed by atoms with van der Waals surface area (Å²) in [7, 11) is -3.24. The van der Waals surface area contributed by atoms with Crippen LogP contribution >= 0.6 is 7.60 Å². The van der Waals surface area contributed by atoms with E-state index in [0.29, 0.717) is 6.42 Å².